The van der Waals surface area contributed by atoms with Gasteiger partial charge in [0, 0.05) is 0 Å². The van der Waals surface area contributed by atoms with Crippen LogP contribution < -0.4 is 0 Å². The Bertz CT molecular complexity index is 543. The van der Waals surface area contributed by atoms with Crippen molar-refractivity contribution in [3.63, 3.8) is 0 Å². The van der Waals surface area contributed by atoms with E-state index in [0.717, 1.165) is 18.3 Å². The summed E-state index contributed by atoms with van der Waals surface area (Å²) in [6.07, 6.45) is 3.26. The summed E-state index contributed by atoms with van der Waals surface area (Å²) >= 11 is 0. The molecule has 0 spiro atoms. The molecule has 1 aliphatic carbocycles. The lowest BCUT2D eigenvalue weighted by Gasteiger charge is -2.16. The summed E-state index contributed by atoms with van der Waals surface area (Å²) in [5, 5.41) is 0. The Morgan fingerprint density at radius 2 is 1.90 bits per heavy atom. The molecule has 0 aromatic heterocycles. The molecule has 1 unspecified atom stereocenters. The van der Waals surface area contributed by atoms with E-state index in [9.17, 15) is 9.59 Å². The molecular formula is C17H20O3. The molecule has 0 N–H and O–H groups in total. The van der Waals surface area contributed by atoms with Gasteiger partial charge in [-0.15, -0.1) is 0 Å². The fourth-order valence-electron chi connectivity index (χ4n) is 2.58. The van der Waals surface area contributed by atoms with Gasteiger partial charge < -0.3 is 4.74 Å². The highest BCUT2D eigenvalue weighted by molar-refractivity contribution is 5.86. The van der Waals surface area contributed by atoms with Crippen molar-refractivity contribution in [2.75, 3.05) is 0 Å². The Kier molecular flexibility index (Phi) is 3.80. The highest BCUT2D eigenvalue weighted by atomic mass is 16.5. The lowest BCUT2D eigenvalue weighted by atomic mass is 9.93. The summed E-state index contributed by atoms with van der Waals surface area (Å²) in [4.78, 5) is 23.2. The van der Waals surface area contributed by atoms with Gasteiger partial charge in [0.1, 0.15) is 12.9 Å². The minimum atomic E-state index is -0.646. The lowest BCUT2D eigenvalue weighted by molar-refractivity contribution is -0.150. The second-order valence-corrected chi connectivity index (χ2v) is 6.10. The zero-order valence-corrected chi connectivity index (χ0v) is 12.2. The molecule has 106 valence electrons. The second kappa shape index (κ2) is 5.23. The van der Waals surface area contributed by atoms with E-state index in [1.807, 2.05) is 44.2 Å². The van der Waals surface area contributed by atoms with Gasteiger partial charge in [-0.2, -0.15) is 0 Å². The molecule has 0 saturated heterocycles. The summed E-state index contributed by atoms with van der Waals surface area (Å²) < 4.78 is 5.44. The molecule has 3 heteroatoms. The Labute approximate surface area is 119 Å². The summed E-state index contributed by atoms with van der Waals surface area (Å²) in [5.74, 6) is -0.243. The minimum Gasteiger partial charge on any atom is -0.460 e. The maximum absolute atomic E-state index is 12.4. The molecule has 0 heterocycles. The first-order chi connectivity index (χ1) is 9.41. The molecule has 1 aromatic carbocycles. The van der Waals surface area contributed by atoms with Crippen LogP contribution in [0.5, 0.6) is 0 Å². The van der Waals surface area contributed by atoms with Gasteiger partial charge in [0.05, 0.1) is 5.41 Å². The van der Waals surface area contributed by atoms with Crippen molar-refractivity contribution >= 4 is 12.3 Å². The van der Waals surface area contributed by atoms with Crippen molar-refractivity contribution in [3.8, 4) is 0 Å². The molecular weight excluding hydrogens is 252 g/mol. The normalized spacial score (nSPS) is 24.1. The number of aldehydes is 1. The molecule has 1 aromatic rings. The third-order valence-corrected chi connectivity index (χ3v) is 4.04. The number of allylic oxidation sites excluding steroid dienone is 1. The minimum absolute atomic E-state index is 0.148. The van der Waals surface area contributed by atoms with Crippen molar-refractivity contribution in [2.45, 2.75) is 33.8 Å². The first-order valence-electron chi connectivity index (χ1n) is 6.77. The standard InChI is InChI=1S/C17H20O3/c1-13(10-18)9-17(12-16(17,2)3)15(19)20-11-14-7-5-4-6-8-14/h4-10H,11-12H2,1-3H3/b13-9+. The van der Waals surface area contributed by atoms with Gasteiger partial charge in [0.25, 0.3) is 0 Å². The summed E-state index contributed by atoms with van der Waals surface area (Å²) in [6.45, 7) is 6.02. The van der Waals surface area contributed by atoms with E-state index >= 15 is 0 Å². The van der Waals surface area contributed by atoms with Crippen LogP contribution in [0.25, 0.3) is 0 Å². The SMILES string of the molecule is C/C(C=O)=C\C1(C(=O)OCc2ccccc2)CC1(C)C. The molecule has 0 radical (unpaired) electrons. The van der Waals surface area contributed by atoms with Gasteiger partial charge in [-0.25, -0.2) is 0 Å². The first kappa shape index (κ1) is 14.5. The fraction of sp³-hybridized carbons (Fsp3) is 0.412. The van der Waals surface area contributed by atoms with Gasteiger partial charge in [-0.05, 0) is 29.9 Å². The van der Waals surface area contributed by atoms with E-state index in [1.165, 1.54) is 0 Å². The van der Waals surface area contributed by atoms with E-state index < -0.39 is 5.41 Å². The first-order valence-corrected chi connectivity index (χ1v) is 6.77. The largest absolute Gasteiger partial charge is 0.460 e. The predicted octanol–water partition coefficient (Wildman–Crippen LogP) is 3.29. The molecule has 1 aliphatic rings. The Morgan fingerprint density at radius 1 is 1.30 bits per heavy atom. The topological polar surface area (TPSA) is 43.4 Å². The maximum atomic E-state index is 12.4. The second-order valence-electron chi connectivity index (χ2n) is 6.10. The fourth-order valence-corrected chi connectivity index (χ4v) is 2.58. The third kappa shape index (κ3) is 2.67. The smallest absolute Gasteiger partial charge is 0.316 e. The monoisotopic (exact) mass is 272 g/mol. The van der Waals surface area contributed by atoms with Crippen molar-refractivity contribution in [2.24, 2.45) is 10.8 Å². The van der Waals surface area contributed by atoms with Crippen LogP contribution >= 0.6 is 0 Å². The van der Waals surface area contributed by atoms with Gasteiger partial charge >= 0.3 is 5.97 Å². The van der Waals surface area contributed by atoms with Crippen molar-refractivity contribution < 1.29 is 14.3 Å². The molecule has 1 saturated carbocycles. The van der Waals surface area contributed by atoms with Crippen LogP contribution in [-0.2, 0) is 20.9 Å². The average molecular weight is 272 g/mol. The Hall–Kier alpha value is -1.90. The van der Waals surface area contributed by atoms with Crippen LogP contribution in [0.15, 0.2) is 42.0 Å². The number of carbonyl (C=O) groups excluding carboxylic acids is 2. The molecule has 0 bridgehead atoms. The number of rotatable bonds is 5. The number of hydrogen-bond acceptors (Lipinski definition) is 3. The highest BCUT2D eigenvalue weighted by Crippen LogP contribution is 2.65. The summed E-state index contributed by atoms with van der Waals surface area (Å²) in [7, 11) is 0. The van der Waals surface area contributed by atoms with E-state index in [4.69, 9.17) is 4.74 Å². The quantitative estimate of drug-likeness (QED) is 0.469. The summed E-state index contributed by atoms with van der Waals surface area (Å²) in [5.41, 5.74) is 0.746. The zero-order chi connectivity index (χ0) is 14.8. The lowest BCUT2D eigenvalue weighted by Crippen LogP contribution is -2.22. The van der Waals surface area contributed by atoms with E-state index in [1.54, 1.807) is 13.0 Å². The van der Waals surface area contributed by atoms with Crippen molar-refractivity contribution in [3.05, 3.63) is 47.5 Å². The van der Waals surface area contributed by atoms with Crippen LogP contribution in [0.1, 0.15) is 32.8 Å². The predicted molar refractivity (Wildman–Crippen MR) is 76.9 cm³/mol. The van der Waals surface area contributed by atoms with Crippen LogP contribution in [0, 0.1) is 10.8 Å². The maximum Gasteiger partial charge on any atom is 0.316 e. The van der Waals surface area contributed by atoms with Gasteiger partial charge in [0.2, 0.25) is 0 Å². The zero-order valence-electron chi connectivity index (χ0n) is 12.2. The van der Waals surface area contributed by atoms with Crippen LogP contribution in [0.3, 0.4) is 0 Å². The number of hydrogen-bond donors (Lipinski definition) is 0. The van der Waals surface area contributed by atoms with Gasteiger partial charge in [-0.1, -0.05) is 50.3 Å². The van der Waals surface area contributed by atoms with Crippen LogP contribution in [-0.4, -0.2) is 12.3 Å². The van der Waals surface area contributed by atoms with Crippen molar-refractivity contribution in [1.29, 1.82) is 0 Å². The van der Waals surface area contributed by atoms with Gasteiger partial charge in [0.15, 0.2) is 0 Å². The molecule has 0 aliphatic heterocycles. The third-order valence-electron chi connectivity index (χ3n) is 4.04. The molecule has 0 amide bonds. The number of esters is 1. The van der Waals surface area contributed by atoms with E-state index in [0.29, 0.717) is 5.57 Å². The number of benzene rings is 1. The molecule has 20 heavy (non-hydrogen) atoms. The number of carbonyl (C=O) groups is 2. The molecule has 1 fully saturated rings. The van der Waals surface area contributed by atoms with Crippen LogP contribution in [0.2, 0.25) is 0 Å². The average Bonchev–Trinajstić information content (AvgIpc) is 2.99. The number of ether oxygens (including phenoxy) is 1. The molecule has 3 nitrogen and oxygen atoms in total. The summed E-state index contributed by atoms with van der Waals surface area (Å²) in [6, 6.07) is 9.59. The Balaban J connectivity index is 2.09. The molecule has 1 atom stereocenters. The van der Waals surface area contributed by atoms with Crippen LogP contribution in [0.4, 0.5) is 0 Å². The van der Waals surface area contributed by atoms with E-state index in [-0.39, 0.29) is 18.0 Å². The van der Waals surface area contributed by atoms with Gasteiger partial charge in [-0.3, -0.25) is 9.59 Å². The van der Waals surface area contributed by atoms with Crippen molar-refractivity contribution in [1.82, 2.24) is 0 Å². The molecule has 2 rings (SSSR count). The highest BCUT2D eigenvalue weighted by Gasteiger charge is 2.66. The Morgan fingerprint density at radius 3 is 2.40 bits per heavy atom. The van der Waals surface area contributed by atoms with E-state index in [2.05, 4.69) is 0 Å².